The van der Waals surface area contributed by atoms with E-state index < -0.39 is 0 Å². The molecule has 2 aromatic rings. The average Bonchev–Trinajstić information content (AvgIpc) is 2.38. The van der Waals surface area contributed by atoms with E-state index in [-0.39, 0.29) is 0 Å². The third kappa shape index (κ3) is 2.60. The van der Waals surface area contributed by atoms with E-state index in [1.165, 1.54) is 0 Å². The van der Waals surface area contributed by atoms with Crippen LogP contribution in [0.1, 0.15) is 5.69 Å². The molecule has 1 heterocycles. The van der Waals surface area contributed by atoms with E-state index in [2.05, 4.69) is 31.3 Å². The lowest BCUT2D eigenvalue weighted by Crippen LogP contribution is -2.11. The van der Waals surface area contributed by atoms with Crippen LogP contribution in [-0.2, 0) is 0 Å². The summed E-state index contributed by atoms with van der Waals surface area (Å²) in [5.41, 5.74) is 4.93. The fourth-order valence-corrected chi connectivity index (χ4v) is 2.01. The molecule has 0 radical (unpaired) electrons. The van der Waals surface area contributed by atoms with Gasteiger partial charge in [-0.3, -0.25) is 5.43 Å². The summed E-state index contributed by atoms with van der Waals surface area (Å²) in [4.78, 5) is 8.48. The monoisotopic (exact) mass is 308 g/mol. The Morgan fingerprint density at radius 1 is 1.28 bits per heavy atom. The van der Waals surface area contributed by atoms with Gasteiger partial charge >= 0.3 is 0 Å². The quantitative estimate of drug-likeness (QED) is 0.673. The van der Waals surface area contributed by atoms with Crippen molar-refractivity contribution >= 4 is 21.9 Å². The summed E-state index contributed by atoms with van der Waals surface area (Å²) in [6.45, 7) is 1.89. The normalized spacial score (nSPS) is 10.2. The van der Waals surface area contributed by atoms with Crippen LogP contribution in [0.15, 0.2) is 28.7 Å². The number of rotatable bonds is 3. The standard InChI is InChI=1S/C12H13BrN4O/c1-7-5-10(16-12(15-7)17-14)9-6-8(13)3-4-11(9)18-2/h3-6H,14H2,1-2H3,(H,15,16,17). The molecule has 18 heavy (non-hydrogen) atoms. The topological polar surface area (TPSA) is 73.1 Å². The summed E-state index contributed by atoms with van der Waals surface area (Å²) in [5, 5.41) is 0. The molecule has 0 unspecified atom stereocenters. The van der Waals surface area contributed by atoms with Gasteiger partial charge in [0.1, 0.15) is 5.75 Å². The highest BCUT2D eigenvalue weighted by Gasteiger charge is 2.10. The minimum absolute atomic E-state index is 0.382. The molecule has 5 nitrogen and oxygen atoms in total. The number of aromatic nitrogens is 2. The van der Waals surface area contributed by atoms with Crippen LogP contribution in [0.25, 0.3) is 11.3 Å². The number of aryl methyl sites for hydroxylation is 1. The first-order chi connectivity index (χ1) is 8.63. The first-order valence-corrected chi connectivity index (χ1v) is 6.09. The molecule has 0 amide bonds. The van der Waals surface area contributed by atoms with Crippen LogP contribution in [0, 0.1) is 6.92 Å². The largest absolute Gasteiger partial charge is 0.496 e. The Morgan fingerprint density at radius 3 is 2.72 bits per heavy atom. The summed E-state index contributed by atoms with van der Waals surface area (Å²) in [7, 11) is 1.63. The number of hydrazine groups is 1. The van der Waals surface area contributed by atoms with Crippen molar-refractivity contribution in [2.75, 3.05) is 12.5 Å². The van der Waals surface area contributed by atoms with Crippen molar-refractivity contribution in [2.45, 2.75) is 6.92 Å². The Labute approximate surface area is 113 Å². The maximum Gasteiger partial charge on any atom is 0.237 e. The number of nitrogens with one attached hydrogen (secondary N) is 1. The number of benzene rings is 1. The van der Waals surface area contributed by atoms with E-state index in [0.29, 0.717) is 5.95 Å². The number of halogens is 1. The molecule has 2 rings (SSSR count). The summed E-state index contributed by atoms with van der Waals surface area (Å²) in [6, 6.07) is 7.62. The molecule has 1 aromatic heterocycles. The number of nitrogen functional groups attached to an aromatic ring is 1. The number of methoxy groups -OCH3 is 1. The molecule has 0 fully saturated rings. The van der Waals surface area contributed by atoms with Crippen LogP contribution in [0.3, 0.4) is 0 Å². The average molecular weight is 309 g/mol. The highest BCUT2D eigenvalue weighted by atomic mass is 79.9. The highest BCUT2D eigenvalue weighted by molar-refractivity contribution is 9.10. The van der Waals surface area contributed by atoms with Gasteiger partial charge in [-0.15, -0.1) is 0 Å². The number of nitrogens with zero attached hydrogens (tertiary/aromatic N) is 2. The van der Waals surface area contributed by atoms with E-state index in [1.54, 1.807) is 7.11 Å². The predicted octanol–water partition coefficient (Wildman–Crippen LogP) is 2.51. The molecule has 0 saturated heterocycles. The van der Waals surface area contributed by atoms with Crippen LogP contribution in [0.5, 0.6) is 5.75 Å². The number of hydrogen-bond acceptors (Lipinski definition) is 5. The minimum Gasteiger partial charge on any atom is -0.496 e. The Hall–Kier alpha value is -1.66. The van der Waals surface area contributed by atoms with Gasteiger partial charge in [0.25, 0.3) is 0 Å². The molecule has 3 N–H and O–H groups in total. The van der Waals surface area contributed by atoms with Gasteiger partial charge in [-0.05, 0) is 31.2 Å². The SMILES string of the molecule is COc1ccc(Br)cc1-c1cc(C)nc(NN)n1. The second-order valence-electron chi connectivity index (χ2n) is 3.71. The Morgan fingerprint density at radius 2 is 2.06 bits per heavy atom. The van der Waals surface area contributed by atoms with Crippen molar-refractivity contribution in [2.24, 2.45) is 5.84 Å². The second kappa shape index (κ2) is 5.32. The van der Waals surface area contributed by atoms with Gasteiger partial charge in [-0.1, -0.05) is 15.9 Å². The van der Waals surface area contributed by atoms with Gasteiger partial charge in [0.2, 0.25) is 5.95 Å². The Kier molecular flexibility index (Phi) is 3.78. The van der Waals surface area contributed by atoms with Crippen molar-refractivity contribution in [1.82, 2.24) is 9.97 Å². The number of anilines is 1. The van der Waals surface area contributed by atoms with Gasteiger partial charge in [0.05, 0.1) is 12.8 Å². The predicted molar refractivity (Wildman–Crippen MR) is 74.3 cm³/mol. The molecule has 0 saturated carbocycles. The number of nitrogens with two attached hydrogens (primary N) is 1. The van der Waals surface area contributed by atoms with Crippen LogP contribution < -0.4 is 16.0 Å². The van der Waals surface area contributed by atoms with E-state index in [0.717, 1.165) is 27.2 Å². The van der Waals surface area contributed by atoms with Gasteiger partial charge in [0.15, 0.2) is 0 Å². The van der Waals surface area contributed by atoms with Crippen LogP contribution in [0.4, 0.5) is 5.95 Å². The maximum absolute atomic E-state index is 5.35. The molecule has 0 atom stereocenters. The molecular weight excluding hydrogens is 296 g/mol. The zero-order chi connectivity index (χ0) is 13.1. The first-order valence-electron chi connectivity index (χ1n) is 5.30. The Bertz CT molecular complexity index is 574. The molecule has 0 spiro atoms. The zero-order valence-electron chi connectivity index (χ0n) is 10.1. The van der Waals surface area contributed by atoms with Crippen molar-refractivity contribution in [1.29, 1.82) is 0 Å². The number of hydrogen-bond donors (Lipinski definition) is 2. The third-order valence-corrected chi connectivity index (χ3v) is 2.91. The second-order valence-corrected chi connectivity index (χ2v) is 4.62. The molecule has 0 aliphatic heterocycles. The zero-order valence-corrected chi connectivity index (χ0v) is 11.7. The molecule has 1 aromatic carbocycles. The van der Waals surface area contributed by atoms with Crippen molar-refractivity contribution in [3.8, 4) is 17.0 Å². The molecule has 0 bridgehead atoms. The maximum atomic E-state index is 5.35. The van der Waals surface area contributed by atoms with Gasteiger partial charge in [-0.2, -0.15) is 0 Å². The van der Waals surface area contributed by atoms with E-state index in [4.69, 9.17) is 10.6 Å². The smallest absolute Gasteiger partial charge is 0.237 e. The molecule has 6 heteroatoms. The Balaban J connectivity index is 2.60. The molecular formula is C12H13BrN4O. The van der Waals surface area contributed by atoms with Crippen molar-refractivity contribution in [3.05, 3.63) is 34.4 Å². The lowest BCUT2D eigenvalue weighted by atomic mass is 10.1. The molecule has 94 valence electrons. The van der Waals surface area contributed by atoms with Gasteiger partial charge < -0.3 is 4.74 Å². The number of ether oxygens (including phenoxy) is 1. The van der Waals surface area contributed by atoms with Crippen molar-refractivity contribution in [3.63, 3.8) is 0 Å². The lowest BCUT2D eigenvalue weighted by molar-refractivity contribution is 0.416. The van der Waals surface area contributed by atoms with E-state index in [1.807, 2.05) is 31.2 Å². The molecule has 0 aliphatic carbocycles. The van der Waals surface area contributed by atoms with E-state index in [9.17, 15) is 0 Å². The van der Waals surface area contributed by atoms with E-state index >= 15 is 0 Å². The summed E-state index contributed by atoms with van der Waals surface area (Å²) < 4.78 is 6.29. The third-order valence-electron chi connectivity index (χ3n) is 2.42. The fraction of sp³-hybridized carbons (Fsp3) is 0.167. The summed E-state index contributed by atoms with van der Waals surface area (Å²) >= 11 is 3.44. The van der Waals surface area contributed by atoms with Crippen LogP contribution in [0.2, 0.25) is 0 Å². The minimum atomic E-state index is 0.382. The van der Waals surface area contributed by atoms with Crippen molar-refractivity contribution < 1.29 is 4.74 Å². The van der Waals surface area contributed by atoms with Gasteiger partial charge in [-0.25, -0.2) is 15.8 Å². The van der Waals surface area contributed by atoms with Crippen LogP contribution >= 0.6 is 15.9 Å². The first kappa shape index (κ1) is 12.8. The molecule has 0 aliphatic rings. The van der Waals surface area contributed by atoms with Gasteiger partial charge in [0, 0.05) is 15.7 Å². The summed E-state index contributed by atoms with van der Waals surface area (Å²) in [5.74, 6) is 6.48. The fourth-order valence-electron chi connectivity index (χ4n) is 1.65. The highest BCUT2D eigenvalue weighted by Crippen LogP contribution is 2.32. The summed E-state index contributed by atoms with van der Waals surface area (Å²) in [6.07, 6.45) is 0. The lowest BCUT2D eigenvalue weighted by Gasteiger charge is -2.10. The van der Waals surface area contributed by atoms with Crippen LogP contribution in [-0.4, -0.2) is 17.1 Å².